The summed E-state index contributed by atoms with van der Waals surface area (Å²) in [5.74, 6) is -0.442. The third-order valence-corrected chi connectivity index (χ3v) is 4.71. The van der Waals surface area contributed by atoms with Crippen LogP contribution in [0.5, 0.6) is 0 Å². The maximum absolute atomic E-state index is 12.7. The minimum Gasteiger partial charge on any atom is -0.327 e. The van der Waals surface area contributed by atoms with Gasteiger partial charge in [0.15, 0.2) is 0 Å². The number of carbonyl (C=O) groups excluding carboxylic acids is 2. The highest BCUT2D eigenvalue weighted by Crippen LogP contribution is 2.27. The smallest absolute Gasteiger partial charge is 0.256 e. The SMILES string of the molecule is Cc1ccc(C(=O)N2CCC[C@@H]2C(=O)Nc2ccc(Cl)cc2Cl)cn1. The number of nitrogens with zero attached hydrogens (tertiary/aromatic N) is 2. The van der Waals surface area contributed by atoms with Crippen LogP contribution in [0.2, 0.25) is 10.0 Å². The molecule has 1 fully saturated rings. The number of nitrogens with one attached hydrogen (secondary N) is 1. The van der Waals surface area contributed by atoms with Gasteiger partial charge in [-0.05, 0) is 50.1 Å². The van der Waals surface area contributed by atoms with E-state index in [9.17, 15) is 9.59 Å². The molecule has 0 radical (unpaired) electrons. The van der Waals surface area contributed by atoms with Crippen LogP contribution in [0, 0.1) is 6.92 Å². The van der Waals surface area contributed by atoms with Crippen molar-refractivity contribution in [3.05, 3.63) is 57.8 Å². The average molecular weight is 378 g/mol. The molecule has 0 saturated carbocycles. The number of aryl methyl sites for hydroxylation is 1. The lowest BCUT2D eigenvalue weighted by Gasteiger charge is -2.24. The summed E-state index contributed by atoms with van der Waals surface area (Å²) < 4.78 is 0. The molecule has 0 bridgehead atoms. The maximum Gasteiger partial charge on any atom is 0.256 e. The summed E-state index contributed by atoms with van der Waals surface area (Å²) in [4.78, 5) is 31.1. The number of carbonyl (C=O) groups is 2. The number of pyridine rings is 1. The predicted octanol–water partition coefficient (Wildman–Crippen LogP) is 3.94. The molecular formula is C18H17Cl2N3O2. The number of aromatic nitrogens is 1. The highest BCUT2D eigenvalue weighted by molar-refractivity contribution is 6.36. The normalized spacial score (nSPS) is 16.8. The summed E-state index contributed by atoms with van der Waals surface area (Å²) in [5.41, 5.74) is 1.80. The molecule has 0 spiro atoms. The van der Waals surface area contributed by atoms with E-state index in [0.717, 1.165) is 12.1 Å². The Morgan fingerprint density at radius 3 is 2.72 bits per heavy atom. The topological polar surface area (TPSA) is 62.3 Å². The Morgan fingerprint density at radius 1 is 1.24 bits per heavy atom. The second kappa shape index (κ2) is 7.42. The van der Waals surface area contributed by atoms with E-state index in [0.29, 0.717) is 34.3 Å². The zero-order valence-electron chi connectivity index (χ0n) is 13.6. The zero-order chi connectivity index (χ0) is 18.0. The Hall–Kier alpha value is -2.11. The Bertz CT molecular complexity index is 808. The van der Waals surface area contributed by atoms with Gasteiger partial charge in [0.05, 0.1) is 16.3 Å². The molecule has 1 aliphatic heterocycles. The van der Waals surface area contributed by atoms with E-state index in [2.05, 4.69) is 10.3 Å². The fraction of sp³-hybridized carbons (Fsp3) is 0.278. The molecule has 1 atom stereocenters. The van der Waals surface area contributed by atoms with Gasteiger partial charge in [0, 0.05) is 23.5 Å². The molecule has 0 aliphatic carbocycles. The fourth-order valence-corrected chi connectivity index (χ4v) is 3.31. The molecule has 3 rings (SSSR count). The van der Waals surface area contributed by atoms with Crippen LogP contribution in [-0.4, -0.2) is 34.3 Å². The van der Waals surface area contributed by atoms with E-state index in [1.807, 2.05) is 6.92 Å². The predicted molar refractivity (Wildman–Crippen MR) is 98.1 cm³/mol. The van der Waals surface area contributed by atoms with Gasteiger partial charge in [0.1, 0.15) is 6.04 Å². The standard InChI is InChI=1S/C18H17Cl2N3O2/c1-11-4-5-12(10-21-11)18(25)23-8-2-3-16(23)17(24)22-15-7-6-13(19)9-14(15)20/h4-7,9-10,16H,2-3,8H2,1H3,(H,22,24)/t16-/m1/s1. The Labute approximate surface area is 155 Å². The minimum atomic E-state index is -0.527. The molecule has 2 aromatic rings. The number of amides is 2. The summed E-state index contributed by atoms with van der Waals surface area (Å²) in [6.45, 7) is 2.40. The van der Waals surface area contributed by atoms with E-state index in [-0.39, 0.29) is 11.8 Å². The lowest BCUT2D eigenvalue weighted by Crippen LogP contribution is -2.43. The van der Waals surface area contributed by atoms with Crippen molar-refractivity contribution in [2.75, 3.05) is 11.9 Å². The third kappa shape index (κ3) is 3.94. The van der Waals surface area contributed by atoms with Gasteiger partial charge in [-0.15, -0.1) is 0 Å². The van der Waals surface area contributed by atoms with Crippen molar-refractivity contribution in [2.45, 2.75) is 25.8 Å². The number of hydrogen-bond donors (Lipinski definition) is 1. The largest absolute Gasteiger partial charge is 0.327 e. The molecule has 1 aliphatic rings. The first-order chi connectivity index (χ1) is 12.0. The summed E-state index contributed by atoms with van der Waals surface area (Å²) in [6, 6.07) is 7.85. The van der Waals surface area contributed by atoms with Crippen LogP contribution in [0.1, 0.15) is 28.9 Å². The third-order valence-electron chi connectivity index (χ3n) is 4.16. The highest BCUT2D eigenvalue weighted by atomic mass is 35.5. The molecule has 0 unspecified atom stereocenters. The second-order valence-corrected chi connectivity index (χ2v) is 6.80. The molecule has 1 N–H and O–H groups in total. The number of rotatable bonds is 3. The molecule has 2 amide bonds. The van der Waals surface area contributed by atoms with E-state index in [4.69, 9.17) is 23.2 Å². The summed E-state index contributed by atoms with van der Waals surface area (Å²) in [6.07, 6.45) is 2.93. The van der Waals surface area contributed by atoms with Crippen molar-refractivity contribution in [3.63, 3.8) is 0 Å². The molecule has 1 aromatic carbocycles. The number of anilines is 1. The number of benzene rings is 1. The van der Waals surface area contributed by atoms with Crippen molar-refractivity contribution in [2.24, 2.45) is 0 Å². The number of likely N-dealkylation sites (tertiary alicyclic amines) is 1. The average Bonchev–Trinajstić information content (AvgIpc) is 3.07. The van der Waals surface area contributed by atoms with Crippen molar-refractivity contribution in [1.82, 2.24) is 9.88 Å². The van der Waals surface area contributed by atoms with Crippen molar-refractivity contribution in [1.29, 1.82) is 0 Å². The molecule has 130 valence electrons. The molecule has 25 heavy (non-hydrogen) atoms. The molecule has 1 saturated heterocycles. The monoisotopic (exact) mass is 377 g/mol. The summed E-state index contributed by atoms with van der Waals surface area (Å²) in [7, 11) is 0. The van der Waals surface area contributed by atoms with Crippen LogP contribution in [-0.2, 0) is 4.79 Å². The van der Waals surface area contributed by atoms with Gasteiger partial charge in [-0.3, -0.25) is 14.6 Å². The highest BCUT2D eigenvalue weighted by Gasteiger charge is 2.34. The first kappa shape index (κ1) is 17.7. The van der Waals surface area contributed by atoms with Crippen LogP contribution in [0.25, 0.3) is 0 Å². The van der Waals surface area contributed by atoms with Gasteiger partial charge < -0.3 is 10.2 Å². The Morgan fingerprint density at radius 2 is 2.04 bits per heavy atom. The van der Waals surface area contributed by atoms with Crippen LogP contribution in [0.3, 0.4) is 0 Å². The number of halogens is 2. The molecule has 5 nitrogen and oxygen atoms in total. The van der Waals surface area contributed by atoms with E-state index < -0.39 is 6.04 Å². The van der Waals surface area contributed by atoms with Gasteiger partial charge in [0.25, 0.3) is 5.91 Å². The van der Waals surface area contributed by atoms with Crippen LogP contribution in [0.15, 0.2) is 36.5 Å². The fourth-order valence-electron chi connectivity index (χ4n) is 2.85. The quantitative estimate of drug-likeness (QED) is 0.880. The summed E-state index contributed by atoms with van der Waals surface area (Å²) >= 11 is 12.0. The van der Waals surface area contributed by atoms with E-state index >= 15 is 0 Å². The second-order valence-electron chi connectivity index (χ2n) is 5.96. The molecule has 7 heteroatoms. The zero-order valence-corrected chi connectivity index (χ0v) is 15.1. The summed E-state index contributed by atoms with van der Waals surface area (Å²) in [5, 5.41) is 3.64. The Balaban J connectivity index is 1.75. The maximum atomic E-state index is 12.7. The lowest BCUT2D eigenvalue weighted by atomic mass is 10.1. The number of hydrogen-bond acceptors (Lipinski definition) is 3. The van der Waals surface area contributed by atoms with Gasteiger partial charge in [-0.1, -0.05) is 23.2 Å². The lowest BCUT2D eigenvalue weighted by molar-refractivity contribution is -0.119. The van der Waals surface area contributed by atoms with Gasteiger partial charge in [-0.2, -0.15) is 0 Å². The van der Waals surface area contributed by atoms with Crippen molar-refractivity contribution >= 4 is 40.7 Å². The molecule has 1 aromatic heterocycles. The van der Waals surface area contributed by atoms with E-state index in [1.54, 1.807) is 41.4 Å². The van der Waals surface area contributed by atoms with Gasteiger partial charge in [0.2, 0.25) is 5.91 Å². The van der Waals surface area contributed by atoms with E-state index in [1.165, 1.54) is 0 Å². The van der Waals surface area contributed by atoms with Crippen LogP contribution >= 0.6 is 23.2 Å². The van der Waals surface area contributed by atoms with Crippen LogP contribution in [0.4, 0.5) is 5.69 Å². The van der Waals surface area contributed by atoms with Crippen molar-refractivity contribution < 1.29 is 9.59 Å². The molecule has 2 heterocycles. The van der Waals surface area contributed by atoms with Gasteiger partial charge >= 0.3 is 0 Å². The van der Waals surface area contributed by atoms with Crippen LogP contribution < -0.4 is 5.32 Å². The Kier molecular flexibility index (Phi) is 5.25. The van der Waals surface area contributed by atoms with Gasteiger partial charge in [-0.25, -0.2) is 0 Å². The minimum absolute atomic E-state index is 0.188. The molecular weight excluding hydrogens is 361 g/mol. The van der Waals surface area contributed by atoms with Crippen molar-refractivity contribution in [3.8, 4) is 0 Å². The first-order valence-electron chi connectivity index (χ1n) is 7.95. The first-order valence-corrected chi connectivity index (χ1v) is 8.71.